The van der Waals surface area contributed by atoms with Gasteiger partial charge < -0.3 is 24.8 Å². The Bertz CT molecular complexity index is 771. The Kier molecular flexibility index (Phi) is 4.87. The number of ether oxygens (including phenoxy) is 3. The SMILES string of the molecule is CCOc1nc(C)c(NC(=O)Nc2ccc3c(c2)OCCO3)c(C)n1. The molecule has 0 atom stereocenters. The summed E-state index contributed by atoms with van der Waals surface area (Å²) in [6, 6.07) is 5.15. The molecule has 0 radical (unpaired) electrons. The molecule has 132 valence electrons. The first kappa shape index (κ1) is 16.8. The zero-order chi connectivity index (χ0) is 17.8. The minimum absolute atomic E-state index is 0.301. The smallest absolute Gasteiger partial charge is 0.323 e. The van der Waals surface area contributed by atoms with Gasteiger partial charge in [-0.15, -0.1) is 0 Å². The van der Waals surface area contributed by atoms with Crippen LogP contribution in [0.15, 0.2) is 18.2 Å². The van der Waals surface area contributed by atoms with Crippen molar-refractivity contribution >= 4 is 17.4 Å². The number of benzene rings is 1. The van der Waals surface area contributed by atoms with Crippen LogP contribution in [0.5, 0.6) is 17.5 Å². The van der Waals surface area contributed by atoms with Crippen molar-refractivity contribution in [2.24, 2.45) is 0 Å². The maximum Gasteiger partial charge on any atom is 0.323 e. The molecular weight excluding hydrogens is 324 g/mol. The van der Waals surface area contributed by atoms with Crippen LogP contribution >= 0.6 is 0 Å². The molecule has 1 aromatic carbocycles. The van der Waals surface area contributed by atoms with E-state index in [1.807, 2.05) is 6.92 Å². The van der Waals surface area contributed by atoms with Crippen molar-refractivity contribution in [1.29, 1.82) is 0 Å². The third-order valence-corrected chi connectivity index (χ3v) is 3.56. The van der Waals surface area contributed by atoms with E-state index in [-0.39, 0.29) is 0 Å². The van der Waals surface area contributed by atoms with Crippen molar-refractivity contribution in [3.05, 3.63) is 29.6 Å². The topological polar surface area (TPSA) is 94.6 Å². The number of fused-ring (bicyclic) bond motifs is 1. The second kappa shape index (κ2) is 7.25. The van der Waals surface area contributed by atoms with E-state index >= 15 is 0 Å². The van der Waals surface area contributed by atoms with E-state index < -0.39 is 6.03 Å². The molecule has 0 bridgehead atoms. The van der Waals surface area contributed by atoms with Crippen LogP contribution < -0.4 is 24.8 Å². The molecule has 0 saturated carbocycles. The van der Waals surface area contributed by atoms with E-state index in [0.717, 1.165) is 0 Å². The molecule has 0 fully saturated rings. The fraction of sp³-hybridized carbons (Fsp3) is 0.353. The highest BCUT2D eigenvalue weighted by atomic mass is 16.6. The summed E-state index contributed by atoms with van der Waals surface area (Å²) >= 11 is 0. The van der Waals surface area contributed by atoms with E-state index in [0.29, 0.717) is 60.1 Å². The van der Waals surface area contributed by atoms with Crippen molar-refractivity contribution in [3.8, 4) is 17.5 Å². The fourth-order valence-electron chi connectivity index (χ4n) is 2.46. The van der Waals surface area contributed by atoms with E-state index in [2.05, 4.69) is 20.6 Å². The lowest BCUT2D eigenvalue weighted by atomic mass is 10.2. The number of carbonyl (C=O) groups excluding carboxylic acids is 1. The first-order valence-corrected chi connectivity index (χ1v) is 8.02. The van der Waals surface area contributed by atoms with Crippen molar-refractivity contribution in [2.75, 3.05) is 30.5 Å². The van der Waals surface area contributed by atoms with Gasteiger partial charge in [0.25, 0.3) is 0 Å². The molecule has 0 spiro atoms. The molecule has 8 heteroatoms. The Morgan fingerprint density at radius 3 is 2.48 bits per heavy atom. The summed E-state index contributed by atoms with van der Waals surface area (Å²) in [5.41, 5.74) is 2.42. The molecule has 1 aliphatic heterocycles. The molecule has 2 aromatic rings. The van der Waals surface area contributed by atoms with Gasteiger partial charge in [-0.1, -0.05) is 0 Å². The highest BCUT2D eigenvalue weighted by Crippen LogP contribution is 2.32. The summed E-state index contributed by atoms with van der Waals surface area (Å²) in [4.78, 5) is 20.7. The van der Waals surface area contributed by atoms with Gasteiger partial charge in [-0.3, -0.25) is 0 Å². The Hall–Kier alpha value is -3.03. The Morgan fingerprint density at radius 2 is 1.80 bits per heavy atom. The van der Waals surface area contributed by atoms with Crippen LogP contribution in [0, 0.1) is 13.8 Å². The number of anilines is 2. The van der Waals surface area contributed by atoms with Crippen LogP contribution in [0.25, 0.3) is 0 Å². The summed E-state index contributed by atoms with van der Waals surface area (Å²) < 4.78 is 16.3. The maximum absolute atomic E-state index is 12.3. The van der Waals surface area contributed by atoms with Crippen LogP contribution in [0.2, 0.25) is 0 Å². The minimum Gasteiger partial charge on any atom is -0.486 e. The minimum atomic E-state index is -0.393. The van der Waals surface area contributed by atoms with Crippen molar-refractivity contribution < 1.29 is 19.0 Å². The van der Waals surface area contributed by atoms with Gasteiger partial charge in [-0.05, 0) is 32.9 Å². The third-order valence-electron chi connectivity index (χ3n) is 3.56. The maximum atomic E-state index is 12.3. The fourth-order valence-corrected chi connectivity index (χ4v) is 2.46. The molecule has 0 saturated heterocycles. The number of nitrogens with zero attached hydrogens (tertiary/aromatic N) is 2. The van der Waals surface area contributed by atoms with Gasteiger partial charge in [-0.25, -0.2) is 4.79 Å². The Labute approximate surface area is 145 Å². The summed E-state index contributed by atoms with van der Waals surface area (Å²) in [6.45, 7) is 6.94. The van der Waals surface area contributed by atoms with E-state index in [1.165, 1.54) is 0 Å². The lowest BCUT2D eigenvalue weighted by Gasteiger charge is -2.19. The molecule has 2 amide bonds. The van der Waals surface area contributed by atoms with E-state index in [9.17, 15) is 4.79 Å². The number of rotatable bonds is 4. The number of urea groups is 1. The summed E-state index contributed by atoms with van der Waals surface area (Å²) in [5, 5.41) is 5.54. The largest absolute Gasteiger partial charge is 0.486 e. The number of amides is 2. The number of hydrogen-bond donors (Lipinski definition) is 2. The zero-order valence-electron chi connectivity index (χ0n) is 14.4. The molecule has 2 N–H and O–H groups in total. The molecule has 0 aliphatic carbocycles. The van der Waals surface area contributed by atoms with Gasteiger partial charge in [-0.2, -0.15) is 9.97 Å². The first-order chi connectivity index (χ1) is 12.1. The second-order valence-corrected chi connectivity index (χ2v) is 5.42. The number of aromatic nitrogens is 2. The highest BCUT2D eigenvalue weighted by molar-refractivity contribution is 6.00. The van der Waals surface area contributed by atoms with Crippen LogP contribution in [0.1, 0.15) is 18.3 Å². The Balaban J connectivity index is 1.70. The quantitative estimate of drug-likeness (QED) is 0.885. The molecule has 2 heterocycles. The molecule has 1 aliphatic rings. The molecule has 8 nitrogen and oxygen atoms in total. The lowest BCUT2D eigenvalue weighted by molar-refractivity contribution is 0.171. The van der Waals surface area contributed by atoms with Crippen LogP contribution in [0.3, 0.4) is 0 Å². The first-order valence-electron chi connectivity index (χ1n) is 8.02. The monoisotopic (exact) mass is 344 g/mol. The molecule has 25 heavy (non-hydrogen) atoms. The van der Waals surface area contributed by atoms with Gasteiger partial charge in [0.2, 0.25) is 0 Å². The van der Waals surface area contributed by atoms with Crippen LogP contribution in [-0.2, 0) is 0 Å². The van der Waals surface area contributed by atoms with Crippen LogP contribution in [0.4, 0.5) is 16.2 Å². The normalized spacial score (nSPS) is 12.4. The lowest BCUT2D eigenvalue weighted by Crippen LogP contribution is -2.22. The Morgan fingerprint density at radius 1 is 1.12 bits per heavy atom. The number of hydrogen-bond acceptors (Lipinski definition) is 6. The predicted molar refractivity (Wildman–Crippen MR) is 92.7 cm³/mol. The summed E-state index contributed by atoms with van der Waals surface area (Å²) in [6.07, 6.45) is 0. The van der Waals surface area contributed by atoms with Gasteiger partial charge >= 0.3 is 12.0 Å². The average Bonchev–Trinajstić information content (AvgIpc) is 2.58. The molecular formula is C17H20N4O4. The van der Waals surface area contributed by atoms with Crippen LogP contribution in [-0.4, -0.2) is 35.8 Å². The third kappa shape index (κ3) is 3.90. The standard InChI is InChI=1S/C17H20N4O4/c1-4-23-17-18-10(2)15(11(3)19-17)21-16(22)20-12-5-6-13-14(9-12)25-8-7-24-13/h5-6,9H,4,7-8H2,1-3H3,(H2,20,21,22). The summed E-state index contributed by atoms with van der Waals surface area (Å²) in [5.74, 6) is 1.28. The summed E-state index contributed by atoms with van der Waals surface area (Å²) in [7, 11) is 0. The molecule has 0 unspecified atom stereocenters. The van der Waals surface area contributed by atoms with Gasteiger partial charge in [0.15, 0.2) is 11.5 Å². The van der Waals surface area contributed by atoms with Gasteiger partial charge in [0, 0.05) is 11.8 Å². The average molecular weight is 344 g/mol. The van der Waals surface area contributed by atoms with Gasteiger partial charge in [0.1, 0.15) is 13.2 Å². The van der Waals surface area contributed by atoms with E-state index in [1.54, 1.807) is 32.0 Å². The van der Waals surface area contributed by atoms with E-state index in [4.69, 9.17) is 14.2 Å². The number of carbonyl (C=O) groups is 1. The molecule has 1 aromatic heterocycles. The zero-order valence-corrected chi connectivity index (χ0v) is 14.4. The highest BCUT2D eigenvalue weighted by Gasteiger charge is 2.15. The number of nitrogens with one attached hydrogen (secondary N) is 2. The van der Waals surface area contributed by atoms with Crippen molar-refractivity contribution in [1.82, 2.24) is 9.97 Å². The van der Waals surface area contributed by atoms with Crippen molar-refractivity contribution in [3.63, 3.8) is 0 Å². The van der Waals surface area contributed by atoms with Gasteiger partial charge in [0.05, 0.1) is 23.7 Å². The molecule has 3 rings (SSSR count). The van der Waals surface area contributed by atoms with Crippen molar-refractivity contribution in [2.45, 2.75) is 20.8 Å². The second-order valence-electron chi connectivity index (χ2n) is 5.42. The predicted octanol–water partition coefficient (Wildman–Crippen LogP) is 2.91. The number of aryl methyl sites for hydroxylation is 2.